The van der Waals surface area contributed by atoms with E-state index in [9.17, 15) is 8.78 Å². The number of nitrogens with one attached hydrogen (secondary N) is 2. The number of benzene rings is 1. The van der Waals surface area contributed by atoms with Crippen LogP contribution in [0.5, 0.6) is 0 Å². The van der Waals surface area contributed by atoms with Crippen LogP contribution >= 0.6 is 24.0 Å². The molecule has 1 aromatic carbocycles. The second kappa shape index (κ2) is 12.4. The number of ether oxygens (including phenoxy) is 2. The Hall–Kier alpha value is -1.00. The minimum Gasteiger partial charge on any atom is -0.379 e. The average molecular weight is 469 g/mol. The van der Waals surface area contributed by atoms with Gasteiger partial charge in [-0.3, -0.25) is 4.99 Å². The lowest BCUT2D eigenvalue weighted by Crippen LogP contribution is -2.39. The van der Waals surface area contributed by atoms with Gasteiger partial charge in [0, 0.05) is 33.4 Å². The molecular formula is C17H26F2IN3O2. The molecule has 5 nitrogen and oxygen atoms in total. The van der Waals surface area contributed by atoms with Crippen molar-refractivity contribution in [2.24, 2.45) is 4.99 Å². The summed E-state index contributed by atoms with van der Waals surface area (Å²) in [7, 11) is 1.67. The number of hydrogen-bond donors (Lipinski definition) is 2. The van der Waals surface area contributed by atoms with Gasteiger partial charge >= 0.3 is 0 Å². The summed E-state index contributed by atoms with van der Waals surface area (Å²) in [6, 6.07) is 3.48. The molecule has 0 aromatic heterocycles. The Labute approximate surface area is 164 Å². The molecule has 1 atom stereocenters. The molecule has 0 radical (unpaired) electrons. The maximum absolute atomic E-state index is 13.5. The van der Waals surface area contributed by atoms with Crippen molar-refractivity contribution < 1.29 is 18.3 Å². The molecule has 1 aliphatic rings. The monoisotopic (exact) mass is 469 g/mol. The van der Waals surface area contributed by atoms with E-state index in [-0.39, 0.29) is 30.1 Å². The summed E-state index contributed by atoms with van der Waals surface area (Å²) in [4.78, 5) is 4.10. The largest absolute Gasteiger partial charge is 0.379 e. The Morgan fingerprint density at radius 2 is 2.12 bits per heavy atom. The number of rotatable bonds is 8. The molecule has 1 heterocycles. The summed E-state index contributed by atoms with van der Waals surface area (Å²) in [5, 5.41) is 6.25. The molecule has 0 spiro atoms. The van der Waals surface area contributed by atoms with Crippen molar-refractivity contribution in [1.82, 2.24) is 10.6 Å². The van der Waals surface area contributed by atoms with Gasteiger partial charge in [-0.1, -0.05) is 0 Å². The summed E-state index contributed by atoms with van der Waals surface area (Å²) in [6.45, 7) is 3.34. The van der Waals surface area contributed by atoms with Crippen LogP contribution in [0.25, 0.3) is 0 Å². The third-order valence-corrected chi connectivity index (χ3v) is 3.77. The third kappa shape index (κ3) is 8.28. The van der Waals surface area contributed by atoms with Crippen molar-refractivity contribution in [2.75, 3.05) is 40.0 Å². The van der Waals surface area contributed by atoms with Gasteiger partial charge in [-0.25, -0.2) is 8.78 Å². The third-order valence-electron chi connectivity index (χ3n) is 3.77. The van der Waals surface area contributed by atoms with Crippen molar-refractivity contribution in [3.05, 3.63) is 35.4 Å². The van der Waals surface area contributed by atoms with Crippen molar-refractivity contribution in [3.63, 3.8) is 0 Å². The molecule has 8 heteroatoms. The van der Waals surface area contributed by atoms with Crippen LogP contribution in [0.3, 0.4) is 0 Å². The first-order chi connectivity index (χ1) is 11.7. The van der Waals surface area contributed by atoms with E-state index < -0.39 is 11.6 Å². The number of halogens is 3. The molecule has 1 unspecified atom stereocenters. The highest BCUT2D eigenvalue weighted by Crippen LogP contribution is 2.10. The predicted octanol–water partition coefficient (Wildman–Crippen LogP) is 2.49. The highest BCUT2D eigenvalue weighted by Gasteiger charge is 2.15. The smallest absolute Gasteiger partial charge is 0.190 e. The Morgan fingerprint density at radius 1 is 1.32 bits per heavy atom. The summed E-state index contributed by atoms with van der Waals surface area (Å²) >= 11 is 0. The number of hydrogen-bond acceptors (Lipinski definition) is 3. The highest BCUT2D eigenvalue weighted by atomic mass is 127. The van der Waals surface area contributed by atoms with Gasteiger partial charge in [-0.2, -0.15) is 0 Å². The molecule has 1 saturated heterocycles. The molecule has 0 aliphatic carbocycles. The SMILES string of the molecule is CN=C(NCCCOC1CCOC1)NCCc1cc(F)ccc1F.I. The Morgan fingerprint density at radius 3 is 2.84 bits per heavy atom. The van der Waals surface area contributed by atoms with Crippen LogP contribution < -0.4 is 10.6 Å². The molecule has 0 amide bonds. The first-order valence-electron chi connectivity index (χ1n) is 8.27. The maximum atomic E-state index is 13.5. The van der Waals surface area contributed by atoms with Crippen molar-refractivity contribution >= 4 is 29.9 Å². The molecule has 142 valence electrons. The van der Waals surface area contributed by atoms with E-state index in [1.54, 1.807) is 7.05 Å². The quantitative estimate of drug-likeness (QED) is 0.266. The van der Waals surface area contributed by atoms with E-state index in [1.807, 2.05) is 0 Å². The molecule has 1 aliphatic heterocycles. The average Bonchev–Trinajstić information content (AvgIpc) is 3.09. The van der Waals surface area contributed by atoms with E-state index in [1.165, 1.54) is 6.07 Å². The second-order valence-electron chi connectivity index (χ2n) is 5.62. The van der Waals surface area contributed by atoms with Crippen LogP contribution in [0.1, 0.15) is 18.4 Å². The van der Waals surface area contributed by atoms with Gasteiger partial charge in [-0.05, 0) is 43.0 Å². The summed E-state index contributed by atoms with van der Waals surface area (Å²) in [5.41, 5.74) is 0.352. The molecular weight excluding hydrogens is 443 g/mol. The van der Waals surface area contributed by atoms with E-state index >= 15 is 0 Å². The summed E-state index contributed by atoms with van der Waals surface area (Å²) in [5.74, 6) is -0.188. The fourth-order valence-electron chi connectivity index (χ4n) is 2.44. The van der Waals surface area contributed by atoms with Crippen LogP contribution in [0.4, 0.5) is 8.78 Å². The first kappa shape index (κ1) is 22.0. The maximum Gasteiger partial charge on any atom is 0.190 e. The summed E-state index contributed by atoms with van der Waals surface area (Å²) in [6.07, 6.45) is 2.43. The van der Waals surface area contributed by atoms with Crippen LogP contribution in [0.2, 0.25) is 0 Å². The normalized spacial score (nSPS) is 17.2. The Balaban J connectivity index is 0.00000312. The Bertz CT molecular complexity index is 541. The molecule has 2 N–H and O–H groups in total. The molecule has 1 aromatic rings. The number of nitrogens with zero attached hydrogens (tertiary/aromatic N) is 1. The van der Waals surface area contributed by atoms with Gasteiger partial charge in [0.2, 0.25) is 0 Å². The predicted molar refractivity (Wildman–Crippen MR) is 105 cm³/mol. The molecule has 2 rings (SSSR count). The van der Waals surface area contributed by atoms with Crippen LogP contribution in [0.15, 0.2) is 23.2 Å². The minimum atomic E-state index is -0.429. The lowest BCUT2D eigenvalue weighted by atomic mass is 10.1. The van der Waals surface area contributed by atoms with Gasteiger partial charge < -0.3 is 20.1 Å². The van der Waals surface area contributed by atoms with Gasteiger partial charge in [0.15, 0.2) is 5.96 Å². The van der Waals surface area contributed by atoms with E-state index in [0.717, 1.165) is 38.1 Å². The zero-order valence-corrected chi connectivity index (χ0v) is 16.7. The van der Waals surface area contributed by atoms with Crippen molar-refractivity contribution in [1.29, 1.82) is 0 Å². The first-order valence-corrected chi connectivity index (χ1v) is 8.27. The van der Waals surface area contributed by atoms with Gasteiger partial charge in [0.1, 0.15) is 11.6 Å². The Kier molecular flexibility index (Phi) is 10.9. The highest BCUT2D eigenvalue weighted by molar-refractivity contribution is 14.0. The zero-order chi connectivity index (χ0) is 17.2. The van der Waals surface area contributed by atoms with Gasteiger partial charge in [0.05, 0.1) is 12.7 Å². The van der Waals surface area contributed by atoms with Gasteiger partial charge in [0.25, 0.3) is 0 Å². The van der Waals surface area contributed by atoms with Crippen molar-refractivity contribution in [3.8, 4) is 0 Å². The topological polar surface area (TPSA) is 54.9 Å². The van der Waals surface area contributed by atoms with E-state index in [0.29, 0.717) is 37.7 Å². The fourth-order valence-corrected chi connectivity index (χ4v) is 2.44. The van der Waals surface area contributed by atoms with E-state index in [4.69, 9.17) is 9.47 Å². The number of aliphatic imine (C=N–C) groups is 1. The van der Waals surface area contributed by atoms with E-state index in [2.05, 4.69) is 15.6 Å². The number of guanidine groups is 1. The molecule has 0 saturated carbocycles. The lowest BCUT2D eigenvalue weighted by Gasteiger charge is -2.13. The summed E-state index contributed by atoms with van der Waals surface area (Å²) < 4.78 is 37.6. The molecule has 1 fully saturated rings. The lowest BCUT2D eigenvalue weighted by molar-refractivity contribution is 0.0420. The standard InChI is InChI=1S/C17H25F2N3O2.HI/c1-20-17(21-7-2-9-24-15-6-10-23-12-15)22-8-5-13-11-14(18)3-4-16(13)19;/h3-4,11,15H,2,5-10,12H2,1H3,(H2,20,21,22);1H. The zero-order valence-electron chi connectivity index (χ0n) is 14.4. The second-order valence-corrected chi connectivity index (χ2v) is 5.62. The van der Waals surface area contributed by atoms with Crippen molar-refractivity contribution in [2.45, 2.75) is 25.4 Å². The van der Waals surface area contributed by atoms with Crippen LogP contribution in [-0.2, 0) is 15.9 Å². The molecule has 25 heavy (non-hydrogen) atoms. The van der Waals surface area contributed by atoms with Gasteiger partial charge in [-0.15, -0.1) is 24.0 Å². The minimum absolute atomic E-state index is 0. The fraction of sp³-hybridized carbons (Fsp3) is 0.588. The van der Waals surface area contributed by atoms with Crippen LogP contribution in [0, 0.1) is 11.6 Å². The van der Waals surface area contributed by atoms with Crippen LogP contribution in [-0.4, -0.2) is 52.0 Å². The molecule has 0 bridgehead atoms.